The number of para-hydroxylation sites is 1. The van der Waals surface area contributed by atoms with Gasteiger partial charge in [-0.25, -0.2) is 0 Å². The van der Waals surface area contributed by atoms with Crippen LogP contribution >= 0.6 is 27.5 Å². The standard InChI is InChI=1S/C25H19BrClN3O3/c26-19-8-4-5-9-20(19)29-23(31)18-12-10-16(11-13-18)14-28-22-21(27)24(32)30(25(22)33)15-17-6-2-1-3-7-17/h1-13,28H,14-15H2,(H,29,31). The lowest BCUT2D eigenvalue weighted by molar-refractivity contribution is -0.138. The van der Waals surface area contributed by atoms with E-state index in [2.05, 4.69) is 26.6 Å². The van der Waals surface area contributed by atoms with Crippen molar-refractivity contribution in [3.05, 3.63) is 111 Å². The van der Waals surface area contributed by atoms with Crippen molar-refractivity contribution in [2.24, 2.45) is 0 Å². The molecule has 0 atom stereocenters. The number of benzene rings is 3. The molecule has 0 saturated carbocycles. The molecule has 0 aliphatic carbocycles. The highest BCUT2D eigenvalue weighted by Gasteiger charge is 2.37. The third kappa shape index (κ3) is 5.16. The minimum Gasteiger partial charge on any atom is -0.375 e. The maximum absolute atomic E-state index is 12.7. The van der Waals surface area contributed by atoms with Crippen LogP contribution in [0.15, 0.2) is 94.1 Å². The van der Waals surface area contributed by atoms with E-state index < -0.39 is 11.8 Å². The Labute approximate surface area is 204 Å². The molecule has 3 aromatic carbocycles. The Kier molecular flexibility index (Phi) is 6.91. The third-order valence-electron chi connectivity index (χ3n) is 5.10. The monoisotopic (exact) mass is 523 g/mol. The van der Waals surface area contributed by atoms with Gasteiger partial charge in [0.25, 0.3) is 17.7 Å². The predicted octanol–water partition coefficient (Wildman–Crippen LogP) is 4.81. The first-order valence-electron chi connectivity index (χ1n) is 10.1. The second-order valence-electron chi connectivity index (χ2n) is 7.36. The molecule has 0 saturated heterocycles. The Morgan fingerprint density at radius 1 is 0.848 bits per heavy atom. The first-order chi connectivity index (χ1) is 15.9. The van der Waals surface area contributed by atoms with E-state index in [0.29, 0.717) is 11.3 Å². The van der Waals surface area contributed by atoms with Crippen LogP contribution in [0.4, 0.5) is 5.69 Å². The van der Waals surface area contributed by atoms with Crippen LogP contribution in [0.25, 0.3) is 0 Å². The van der Waals surface area contributed by atoms with Crippen molar-refractivity contribution in [3.8, 4) is 0 Å². The molecule has 6 nitrogen and oxygen atoms in total. The van der Waals surface area contributed by atoms with Crippen LogP contribution in [0.5, 0.6) is 0 Å². The Bertz CT molecular complexity index is 1240. The first-order valence-corrected chi connectivity index (χ1v) is 11.3. The highest BCUT2D eigenvalue weighted by atomic mass is 79.9. The van der Waals surface area contributed by atoms with Crippen LogP contribution in [0.1, 0.15) is 21.5 Å². The van der Waals surface area contributed by atoms with Crippen LogP contribution in [0.3, 0.4) is 0 Å². The molecule has 8 heteroatoms. The van der Waals surface area contributed by atoms with Crippen molar-refractivity contribution >= 4 is 50.9 Å². The van der Waals surface area contributed by atoms with Crippen LogP contribution < -0.4 is 10.6 Å². The van der Waals surface area contributed by atoms with E-state index in [1.165, 1.54) is 0 Å². The van der Waals surface area contributed by atoms with Gasteiger partial charge in [-0.2, -0.15) is 0 Å². The van der Waals surface area contributed by atoms with Gasteiger partial charge in [-0.3, -0.25) is 19.3 Å². The minimum absolute atomic E-state index is 0.0772. The number of imide groups is 1. The number of carbonyl (C=O) groups excluding carboxylic acids is 3. The summed E-state index contributed by atoms with van der Waals surface area (Å²) in [6.07, 6.45) is 0. The number of rotatable bonds is 7. The van der Waals surface area contributed by atoms with Crippen LogP contribution in [-0.4, -0.2) is 22.6 Å². The lowest BCUT2D eigenvalue weighted by Crippen LogP contribution is -2.33. The molecule has 1 aliphatic rings. The normalized spacial score (nSPS) is 13.5. The summed E-state index contributed by atoms with van der Waals surface area (Å²) < 4.78 is 0.793. The quantitative estimate of drug-likeness (QED) is 0.435. The van der Waals surface area contributed by atoms with Gasteiger partial charge in [0.1, 0.15) is 10.7 Å². The van der Waals surface area contributed by atoms with Crippen molar-refractivity contribution in [2.75, 3.05) is 5.32 Å². The predicted molar refractivity (Wildman–Crippen MR) is 130 cm³/mol. The van der Waals surface area contributed by atoms with E-state index in [9.17, 15) is 14.4 Å². The Balaban J connectivity index is 1.38. The Morgan fingerprint density at radius 2 is 1.52 bits per heavy atom. The molecule has 33 heavy (non-hydrogen) atoms. The summed E-state index contributed by atoms with van der Waals surface area (Å²) in [6.45, 7) is 0.428. The van der Waals surface area contributed by atoms with E-state index in [-0.39, 0.29) is 29.7 Å². The largest absolute Gasteiger partial charge is 0.375 e. The van der Waals surface area contributed by atoms with Gasteiger partial charge in [-0.1, -0.05) is 66.2 Å². The SMILES string of the molecule is O=C(Nc1ccccc1Br)c1ccc(CNC2=C(Cl)C(=O)N(Cc3ccccc3)C2=O)cc1. The van der Waals surface area contributed by atoms with Crippen LogP contribution in [0, 0.1) is 0 Å². The third-order valence-corrected chi connectivity index (χ3v) is 6.14. The van der Waals surface area contributed by atoms with Gasteiger partial charge in [-0.15, -0.1) is 0 Å². The van der Waals surface area contributed by atoms with Gasteiger partial charge in [0, 0.05) is 16.6 Å². The fourth-order valence-electron chi connectivity index (χ4n) is 3.33. The van der Waals surface area contributed by atoms with Crippen molar-refractivity contribution < 1.29 is 14.4 Å². The number of nitrogens with zero attached hydrogens (tertiary/aromatic N) is 1. The summed E-state index contributed by atoms with van der Waals surface area (Å²) in [4.78, 5) is 38.8. The number of halogens is 2. The number of amides is 3. The number of hydrogen-bond donors (Lipinski definition) is 2. The van der Waals surface area contributed by atoms with Crippen LogP contribution in [0.2, 0.25) is 0 Å². The minimum atomic E-state index is -0.521. The van der Waals surface area contributed by atoms with Crippen molar-refractivity contribution in [1.82, 2.24) is 10.2 Å². The highest BCUT2D eigenvalue weighted by Crippen LogP contribution is 2.25. The van der Waals surface area contributed by atoms with E-state index >= 15 is 0 Å². The zero-order valence-electron chi connectivity index (χ0n) is 17.3. The average Bonchev–Trinajstić information content (AvgIpc) is 3.03. The Morgan fingerprint density at radius 3 is 2.21 bits per heavy atom. The first kappa shape index (κ1) is 22.8. The molecule has 4 rings (SSSR count). The van der Waals surface area contributed by atoms with Gasteiger partial charge < -0.3 is 10.6 Å². The lowest BCUT2D eigenvalue weighted by atomic mass is 10.1. The van der Waals surface area contributed by atoms with E-state index in [1.54, 1.807) is 30.3 Å². The van der Waals surface area contributed by atoms with E-state index in [0.717, 1.165) is 20.5 Å². The second-order valence-corrected chi connectivity index (χ2v) is 8.59. The summed E-state index contributed by atoms with van der Waals surface area (Å²) in [6, 6.07) is 23.5. The molecule has 0 aromatic heterocycles. The zero-order valence-corrected chi connectivity index (χ0v) is 19.7. The zero-order chi connectivity index (χ0) is 23.4. The maximum Gasteiger partial charge on any atom is 0.278 e. The smallest absolute Gasteiger partial charge is 0.278 e. The number of carbonyl (C=O) groups is 3. The van der Waals surface area contributed by atoms with Gasteiger partial charge in [0.05, 0.1) is 12.2 Å². The van der Waals surface area contributed by atoms with Crippen LogP contribution in [-0.2, 0) is 22.7 Å². The van der Waals surface area contributed by atoms with Gasteiger partial charge in [0.15, 0.2) is 0 Å². The summed E-state index contributed by atoms with van der Waals surface area (Å²) in [5.41, 5.74) is 2.91. The fraction of sp³-hybridized carbons (Fsp3) is 0.0800. The topological polar surface area (TPSA) is 78.5 Å². The van der Waals surface area contributed by atoms with Gasteiger partial charge in [0.2, 0.25) is 0 Å². The van der Waals surface area contributed by atoms with E-state index in [1.807, 2.05) is 48.5 Å². The fourth-order valence-corrected chi connectivity index (χ4v) is 3.96. The maximum atomic E-state index is 12.7. The molecule has 3 amide bonds. The van der Waals surface area contributed by atoms with E-state index in [4.69, 9.17) is 11.6 Å². The van der Waals surface area contributed by atoms with Crippen molar-refractivity contribution in [3.63, 3.8) is 0 Å². The number of anilines is 1. The van der Waals surface area contributed by atoms with Gasteiger partial charge >= 0.3 is 0 Å². The summed E-state index contributed by atoms with van der Waals surface area (Å²) in [5.74, 6) is -1.22. The summed E-state index contributed by atoms with van der Waals surface area (Å²) in [5, 5.41) is 5.69. The van der Waals surface area contributed by atoms with Crippen molar-refractivity contribution in [1.29, 1.82) is 0 Å². The molecular formula is C25H19BrClN3O3. The summed E-state index contributed by atoms with van der Waals surface area (Å²) in [7, 11) is 0. The molecular weight excluding hydrogens is 506 g/mol. The highest BCUT2D eigenvalue weighted by molar-refractivity contribution is 9.10. The second kappa shape index (κ2) is 10.0. The molecule has 1 aliphatic heterocycles. The molecule has 0 unspecified atom stereocenters. The van der Waals surface area contributed by atoms with Gasteiger partial charge in [-0.05, 0) is 51.3 Å². The molecule has 3 aromatic rings. The molecule has 1 heterocycles. The Hall–Kier alpha value is -3.42. The molecule has 0 spiro atoms. The molecule has 2 N–H and O–H groups in total. The molecule has 166 valence electrons. The average molecular weight is 525 g/mol. The molecule has 0 fully saturated rings. The molecule has 0 bridgehead atoms. The summed E-state index contributed by atoms with van der Waals surface area (Å²) >= 11 is 9.56. The number of nitrogens with one attached hydrogen (secondary N) is 2. The number of hydrogen-bond acceptors (Lipinski definition) is 4. The molecule has 0 radical (unpaired) electrons. The van der Waals surface area contributed by atoms with Crippen molar-refractivity contribution in [2.45, 2.75) is 13.1 Å². The lowest BCUT2D eigenvalue weighted by Gasteiger charge is -2.15.